The number of anilines is 1. The normalized spacial score (nSPS) is 12.9. The molecule has 0 radical (unpaired) electrons. The summed E-state index contributed by atoms with van der Waals surface area (Å²) in [7, 11) is 0. The van der Waals surface area contributed by atoms with Crippen LogP contribution < -0.4 is 10.5 Å². The fraction of sp³-hybridized carbons (Fsp3) is 0.333. The summed E-state index contributed by atoms with van der Waals surface area (Å²) in [5.41, 5.74) is 4.73. The Morgan fingerprint density at radius 1 is 0.947 bits per heavy atom. The van der Waals surface area contributed by atoms with Crippen LogP contribution in [0.2, 0.25) is 10.0 Å². The van der Waals surface area contributed by atoms with Crippen molar-refractivity contribution in [2.24, 2.45) is 0 Å². The van der Waals surface area contributed by atoms with Crippen molar-refractivity contribution in [2.75, 3.05) is 5.73 Å². The first-order valence-electron chi connectivity index (χ1n) is 4.47. The van der Waals surface area contributed by atoms with Crippen LogP contribution >= 0.6 is 23.2 Å². The Morgan fingerprint density at radius 2 is 1.37 bits per heavy atom. The van der Waals surface area contributed by atoms with Gasteiger partial charge in [0, 0.05) is 6.07 Å². The van der Waals surface area contributed by atoms with Crippen molar-refractivity contribution in [3.05, 3.63) is 22.2 Å². The maximum atomic E-state index is 12.3. The molecule has 10 heteroatoms. The van der Waals surface area contributed by atoms with E-state index in [1.54, 1.807) is 0 Å². The molecule has 19 heavy (non-hydrogen) atoms. The highest BCUT2D eigenvalue weighted by molar-refractivity contribution is 6.42. The van der Waals surface area contributed by atoms with Crippen LogP contribution in [0.3, 0.4) is 0 Å². The first-order valence-corrected chi connectivity index (χ1v) is 5.23. The Morgan fingerprint density at radius 3 is 1.79 bits per heavy atom. The number of alkyl halides is 6. The van der Waals surface area contributed by atoms with Crippen LogP contribution in [0.1, 0.15) is 0 Å². The summed E-state index contributed by atoms with van der Waals surface area (Å²) >= 11 is 11.0. The monoisotopic (exact) mass is 327 g/mol. The molecule has 0 aromatic heterocycles. The molecule has 0 saturated carbocycles. The highest BCUT2D eigenvalue weighted by Gasteiger charge is 2.59. The number of nitrogen functional groups attached to an aromatic ring is 1. The van der Waals surface area contributed by atoms with Gasteiger partial charge in [0.25, 0.3) is 6.10 Å². The van der Waals surface area contributed by atoms with Gasteiger partial charge in [0.05, 0.1) is 15.7 Å². The smallest absolute Gasteiger partial charge is 0.434 e. The summed E-state index contributed by atoms with van der Waals surface area (Å²) in [5, 5.41) is -0.406. The Balaban J connectivity index is 3.15. The summed E-state index contributed by atoms with van der Waals surface area (Å²) in [5.74, 6) is -0.853. The lowest BCUT2D eigenvalue weighted by molar-refractivity contribution is -0.299. The van der Waals surface area contributed by atoms with Crippen LogP contribution in [0.4, 0.5) is 32.0 Å². The van der Waals surface area contributed by atoms with Crippen LogP contribution in [-0.2, 0) is 0 Å². The number of ether oxygens (including phenoxy) is 1. The van der Waals surface area contributed by atoms with Gasteiger partial charge >= 0.3 is 12.4 Å². The minimum atomic E-state index is -5.64. The Labute approximate surface area is 113 Å². The molecule has 0 spiro atoms. The van der Waals surface area contributed by atoms with E-state index >= 15 is 0 Å². The molecule has 2 nitrogen and oxygen atoms in total. The van der Waals surface area contributed by atoms with E-state index in [1.165, 1.54) is 0 Å². The zero-order chi connectivity index (χ0) is 15.0. The zero-order valence-electron chi connectivity index (χ0n) is 8.74. The summed E-state index contributed by atoms with van der Waals surface area (Å²) in [4.78, 5) is 0. The lowest BCUT2D eigenvalue weighted by Gasteiger charge is -2.24. The SMILES string of the molecule is Nc1cc(Cl)c(Cl)cc1OC(C(F)(F)F)C(F)(F)F. The average Bonchev–Trinajstić information content (AvgIpc) is 2.17. The molecule has 0 bridgehead atoms. The molecule has 0 saturated heterocycles. The van der Waals surface area contributed by atoms with E-state index in [9.17, 15) is 26.3 Å². The molecule has 1 aromatic rings. The number of hydrogen-bond donors (Lipinski definition) is 1. The van der Waals surface area contributed by atoms with Gasteiger partial charge in [-0.2, -0.15) is 26.3 Å². The molecule has 0 heterocycles. The molecule has 0 aliphatic heterocycles. The van der Waals surface area contributed by atoms with Gasteiger partial charge in [-0.05, 0) is 6.07 Å². The van der Waals surface area contributed by atoms with E-state index in [0.29, 0.717) is 6.07 Å². The molecule has 0 fully saturated rings. The Kier molecular flexibility index (Phi) is 4.36. The molecular formula is C9H5Cl2F6NO. The van der Waals surface area contributed by atoms with Gasteiger partial charge < -0.3 is 10.5 Å². The summed E-state index contributed by atoms with van der Waals surface area (Å²) in [6.07, 6.45) is -15.3. The molecule has 0 unspecified atom stereocenters. The average molecular weight is 328 g/mol. The van der Waals surface area contributed by atoms with Crippen molar-refractivity contribution in [3.8, 4) is 5.75 Å². The highest BCUT2D eigenvalue weighted by Crippen LogP contribution is 2.39. The predicted molar refractivity (Wildman–Crippen MR) is 57.4 cm³/mol. The van der Waals surface area contributed by atoms with Crippen molar-refractivity contribution in [1.82, 2.24) is 0 Å². The lowest BCUT2D eigenvalue weighted by atomic mass is 10.2. The predicted octanol–water partition coefficient (Wildman–Crippen LogP) is 4.45. The van der Waals surface area contributed by atoms with Gasteiger partial charge in [0.15, 0.2) is 0 Å². The largest absolute Gasteiger partial charge is 0.469 e. The van der Waals surface area contributed by atoms with Crippen LogP contribution in [0, 0.1) is 0 Å². The molecule has 108 valence electrons. The van der Waals surface area contributed by atoms with E-state index < -0.39 is 29.9 Å². The van der Waals surface area contributed by atoms with E-state index in [0.717, 1.165) is 6.07 Å². The number of halogens is 8. The Hall–Kier alpha value is -1.02. The van der Waals surface area contributed by atoms with Crippen LogP contribution in [0.25, 0.3) is 0 Å². The van der Waals surface area contributed by atoms with Crippen LogP contribution in [-0.4, -0.2) is 18.5 Å². The maximum absolute atomic E-state index is 12.3. The van der Waals surface area contributed by atoms with Gasteiger partial charge in [-0.1, -0.05) is 23.2 Å². The number of rotatable bonds is 2. The fourth-order valence-corrected chi connectivity index (χ4v) is 1.42. The third-order valence-electron chi connectivity index (χ3n) is 1.89. The second-order valence-corrected chi connectivity index (χ2v) is 4.20. The summed E-state index contributed by atoms with van der Waals surface area (Å²) < 4.78 is 77.5. The number of benzene rings is 1. The van der Waals surface area contributed by atoms with E-state index in [2.05, 4.69) is 4.74 Å². The minimum Gasteiger partial charge on any atom is -0.469 e. The van der Waals surface area contributed by atoms with Crippen molar-refractivity contribution in [1.29, 1.82) is 0 Å². The van der Waals surface area contributed by atoms with Gasteiger partial charge in [-0.25, -0.2) is 0 Å². The molecule has 0 aliphatic carbocycles. The van der Waals surface area contributed by atoms with Gasteiger partial charge in [-0.15, -0.1) is 0 Å². The van der Waals surface area contributed by atoms with Crippen molar-refractivity contribution in [3.63, 3.8) is 0 Å². The molecule has 0 amide bonds. The standard InChI is InChI=1S/C9H5Cl2F6NO/c10-3-1-5(18)6(2-4(3)11)19-7(8(12,13)14)9(15,16)17/h1-2,7H,18H2. The maximum Gasteiger partial charge on any atom is 0.434 e. The van der Waals surface area contributed by atoms with Gasteiger partial charge in [0.2, 0.25) is 0 Å². The molecular weight excluding hydrogens is 323 g/mol. The number of nitrogens with two attached hydrogens (primary N) is 1. The Bertz CT molecular complexity index is 459. The molecule has 0 aliphatic rings. The number of hydrogen-bond acceptors (Lipinski definition) is 2. The second-order valence-electron chi connectivity index (χ2n) is 3.39. The van der Waals surface area contributed by atoms with Crippen LogP contribution in [0.5, 0.6) is 5.75 Å². The van der Waals surface area contributed by atoms with Crippen molar-refractivity contribution >= 4 is 28.9 Å². The fourth-order valence-electron chi connectivity index (χ4n) is 1.09. The van der Waals surface area contributed by atoms with Gasteiger partial charge in [-0.3, -0.25) is 0 Å². The van der Waals surface area contributed by atoms with E-state index in [4.69, 9.17) is 28.9 Å². The third kappa shape index (κ3) is 3.97. The summed E-state index contributed by atoms with van der Waals surface area (Å²) in [6.45, 7) is 0. The quantitative estimate of drug-likeness (QED) is 0.643. The highest BCUT2D eigenvalue weighted by atomic mass is 35.5. The third-order valence-corrected chi connectivity index (χ3v) is 2.61. The lowest BCUT2D eigenvalue weighted by Crippen LogP contribution is -2.46. The van der Waals surface area contributed by atoms with E-state index in [1.807, 2.05) is 0 Å². The first kappa shape index (κ1) is 16.0. The molecule has 2 N–H and O–H groups in total. The van der Waals surface area contributed by atoms with E-state index in [-0.39, 0.29) is 10.0 Å². The van der Waals surface area contributed by atoms with Crippen molar-refractivity contribution < 1.29 is 31.1 Å². The van der Waals surface area contributed by atoms with Crippen LogP contribution in [0.15, 0.2) is 12.1 Å². The molecule has 1 aromatic carbocycles. The molecule has 1 rings (SSSR count). The van der Waals surface area contributed by atoms with Crippen molar-refractivity contribution in [2.45, 2.75) is 18.5 Å². The summed E-state index contributed by atoms with van der Waals surface area (Å²) in [6, 6.07) is 1.58. The first-order chi connectivity index (χ1) is 8.43. The zero-order valence-corrected chi connectivity index (χ0v) is 10.3. The molecule has 0 atom stereocenters. The second kappa shape index (κ2) is 5.16. The van der Waals surface area contributed by atoms with Gasteiger partial charge in [0.1, 0.15) is 5.75 Å². The minimum absolute atomic E-state index is 0.123. The topological polar surface area (TPSA) is 35.2 Å².